The zero-order chi connectivity index (χ0) is 13.9. The van der Waals surface area contributed by atoms with Crippen LogP contribution in [-0.2, 0) is 4.87 Å². The van der Waals surface area contributed by atoms with Crippen molar-refractivity contribution in [3.63, 3.8) is 0 Å². The van der Waals surface area contributed by atoms with Crippen molar-refractivity contribution in [2.75, 3.05) is 0 Å². The van der Waals surface area contributed by atoms with Gasteiger partial charge in [0.15, 0.2) is 5.16 Å². The van der Waals surface area contributed by atoms with Crippen molar-refractivity contribution in [3.05, 3.63) is 42.2 Å². The number of thioether (sulfide) groups is 1. The summed E-state index contributed by atoms with van der Waals surface area (Å²) < 4.78 is 0. The fraction of sp³-hybridized carbons (Fsp3) is 0.385. The lowest BCUT2D eigenvalue weighted by Gasteiger charge is -2.27. The van der Waals surface area contributed by atoms with Crippen LogP contribution in [-0.4, -0.2) is 25.2 Å². The van der Waals surface area contributed by atoms with E-state index in [1.165, 1.54) is 11.8 Å². The molecule has 0 radical (unpaired) electrons. The van der Waals surface area contributed by atoms with Gasteiger partial charge in [0.1, 0.15) is 0 Å². The second kappa shape index (κ2) is 5.84. The highest BCUT2D eigenvalue weighted by Crippen LogP contribution is 2.39. The predicted octanol–water partition coefficient (Wildman–Crippen LogP) is 3.21. The molecule has 2 aromatic rings. The molecular formula is C13H15ClN4S. The molecule has 4 nitrogen and oxygen atoms in total. The SMILES string of the molecule is Cc1cnc(C(C)(Cl)[C@@H](C)Sc2ncccn2)cn1. The Bertz CT molecular complexity index is 530. The molecule has 0 fully saturated rings. The molecule has 0 aliphatic rings. The van der Waals surface area contributed by atoms with E-state index in [1.807, 2.05) is 20.8 Å². The number of aryl methyl sites for hydroxylation is 1. The number of alkyl halides is 1. The van der Waals surface area contributed by atoms with Gasteiger partial charge in [0.05, 0.1) is 22.5 Å². The van der Waals surface area contributed by atoms with E-state index in [9.17, 15) is 0 Å². The van der Waals surface area contributed by atoms with Gasteiger partial charge in [-0.05, 0) is 19.9 Å². The molecule has 0 saturated heterocycles. The molecule has 0 amide bonds. The molecule has 1 unspecified atom stereocenters. The first kappa shape index (κ1) is 14.2. The lowest BCUT2D eigenvalue weighted by molar-refractivity contribution is 0.636. The van der Waals surface area contributed by atoms with E-state index in [4.69, 9.17) is 11.6 Å². The normalized spacial score (nSPS) is 15.8. The van der Waals surface area contributed by atoms with Crippen molar-refractivity contribution in [1.82, 2.24) is 19.9 Å². The van der Waals surface area contributed by atoms with Crippen molar-refractivity contribution in [2.45, 2.75) is 36.1 Å². The summed E-state index contributed by atoms with van der Waals surface area (Å²) in [5, 5.41) is 0.774. The lowest BCUT2D eigenvalue weighted by atomic mass is 10.0. The van der Waals surface area contributed by atoms with Gasteiger partial charge in [-0.2, -0.15) is 0 Å². The van der Waals surface area contributed by atoms with Crippen LogP contribution in [0.5, 0.6) is 0 Å². The largest absolute Gasteiger partial charge is 0.258 e. The Morgan fingerprint density at radius 2 is 1.84 bits per heavy atom. The first-order valence-corrected chi connectivity index (χ1v) is 7.17. The van der Waals surface area contributed by atoms with E-state index >= 15 is 0 Å². The molecule has 19 heavy (non-hydrogen) atoms. The van der Waals surface area contributed by atoms with Crippen LogP contribution in [0.15, 0.2) is 36.0 Å². The highest BCUT2D eigenvalue weighted by molar-refractivity contribution is 7.99. The minimum Gasteiger partial charge on any atom is -0.258 e. The summed E-state index contributed by atoms with van der Waals surface area (Å²) >= 11 is 8.16. The maximum Gasteiger partial charge on any atom is 0.187 e. The third kappa shape index (κ3) is 3.42. The fourth-order valence-corrected chi connectivity index (χ4v) is 2.60. The monoisotopic (exact) mass is 294 g/mol. The van der Waals surface area contributed by atoms with Gasteiger partial charge in [-0.15, -0.1) is 11.6 Å². The number of aromatic nitrogens is 4. The number of rotatable bonds is 4. The van der Waals surface area contributed by atoms with Crippen LogP contribution >= 0.6 is 23.4 Å². The Balaban J connectivity index is 2.17. The second-order valence-electron chi connectivity index (χ2n) is 4.41. The van der Waals surface area contributed by atoms with E-state index < -0.39 is 4.87 Å². The van der Waals surface area contributed by atoms with Gasteiger partial charge in [-0.1, -0.05) is 18.7 Å². The molecule has 2 heterocycles. The van der Waals surface area contributed by atoms with E-state index in [0.717, 1.165) is 11.4 Å². The molecule has 2 atom stereocenters. The van der Waals surface area contributed by atoms with Crippen LogP contribution in [0.3, 0.4) is 0 Å². The summed E-state index contributed by atoms with van der Waals surface area (Å²) in [6.07, 6.45) is 6.90. The van der Waals surface area contributed by atoms with Gasteiger partial charge < -0.3 is 0 Å². The van der Waals surface area contributed by atoms with Crippen LogP contribution < -0.4 is 0 Å². The maximum absolute atomic E-state index is 6.64. The summed E-state index contributed by atoms with van der Waals surface area (Å²) in [5.74, 6) is 0. The highest BCUT2D eigenvalue weighted by Gasteiger charge is 2.33. The minimum atomic E-state index is -0.620. The van der Waals surface area contributed by atoms with Gasteiger partial charge in [-0.3, -0.25) is 9.97 Å². The zero-order valence-corrected chi connectivity index (χ0v) is 12.6. The van der Waals surface area contributed by atoms with Crippen molar-refractivity contribution in [3.8, 4) is 0 Å². The summed E-state index contributed by atoms with van der Waals surface area (Å²) in [6.45, 7) is 5.88. The van der Waals surface area contributed by atoms with Crippen LogP contribution in [0.2, 0.25) is 0 Å². The molecular weight excluding hydrogens is 280 g/mol. The van der Waals surface area contributed by atoms with Crippen LogP contribution in [0.25, 0.3) is 0 Å². The van der Waals surface area contributed by atoms with Crippen molar-refractivity contribution < 1.29 is 0 Å². The molecule has 2 aromatic heterocycles. The minimum absolute atomic E-state index is 0.0635. The van der Waals surface area contributed by atoms with Crippen LogP contribution in [0.4, 0.5) is 0 Å². The van der Waals surface area contributed by atoms with Crippen LogP contribution in [0.1, 0.15) is 25.2 Å². The Hall–Kier alpha value is -1.20. The van der Waals surface area contributed by atoms with Gasteiger partial charge in [0.25, 0.3) is 0 Å². The molecule has 0 spiro atoms. The molecule has 0 N–H and O–H groups in total. The predicted molar refractivity (Wildman–Crippen MR) is 77.3 cm³/mol. The molecule has 0 aliphatic heterocycles. The number of halogens is 1. The van der Waals surface area contributed by atoms with Crippen molar-refractivity contribution in [2.24, 2.45) is 0 Å². The molecule has 2 rings (SSSR count). The molecule has 0 aromatic carbocycles. The summed E-state index contributed by atoms with van der Waals surface area (Å²) in [6, 6.07) is 1.79. The van der Waals surface area contributed by atoms with E-state index in [1.54, 1.807) is 30.9 Å². The zero-order valence-electron chi connectivity index (χ0n) is 11.0. The third-order valence-corrected chi connectivity index (χ3v) is 4.77. The Kier molecular flexibility index (Phi) is 4.37. The number of hydrogen-bond donors (Lipinski definition) is 0. The Labute approximate surface area is 122 Å². The van der Waals surface area contributed by atoms with Crippen molar-refractivity contribution >= 4 is 23.4 Å². The van der Waals surface area contributed by atoms with Gasteiger partial charge in [-0.25, -0.2) is 9.97 Å². The molecule has 0 saturated carbocycles. The highest BCUT2D eigenvalue weighted by atomic mass is 35.5. The lowest BCUT2D eigenvalue weighted by Crippen LogP contribution is -2.27. The molecule has 0 aliphatic carbocycles. The van der Waals surface area contributed by atoms with Crippen LogP contribution in [0, 0.1) is 6.92 Å². The molecule has 6 heteroatoms. The Morgan fingerprint density at radius 3 is 2.42 bits per heavy atom. The van der Waals surface area contributed by atoms with Gasteiger partial charge >= 0.3 is 0 Å². The summed E-state index contributed by atoms with van der Waals surface area (Å²) in [4.78, 5) is 16.4. The topological polar surface area (TPSA) is 51.6 Å². The quantitative estimate of drug-likeness (QED) is 0.492. The van der Waals surface area contributed by atoms with E-state index in [0.29, 0.717) is 5.16 Å². The second-order valence-corrected chi connectivity index (χ2v) is 6.50. The van der Waals surface area contributed by atoms with E-state index in [2.05, 4.69) is 19.9 Å². The summed E-state index contributed by atoms with van der Waals surface area (Å²) in [5.41, 5.74) is 1.64. The maximum atomic E-state index is 6.64. The first-order chi connectivity index (χ1) is 9.00. The third-order valence-electron chi connectivity index (χ3n) is 2.87. The fourth-order valence-electron chi connectivity index (χ4n) is 1.47. The van der Waals surface area contributed by atoms with E-state index in [-0.39, 0.29) is 5.25 Å². The summed E-state index contributed by atoms with van der Waals surface area (Å²) in [7, 11) is 0. The standard InChI is InChI=1S/C13H15ClN4S/c1-9-7-18-11(8-17-9)13(3,14)10(2)19-12-15-5-4-6-16-12/h4-8,10H,1-3H3/t10-,13?/m1/s1. The number of hydrogen-bond acceptors (Lipinski definition) is 5. The van der Waals surface area contributed by atoms with Gasteiger partial charge in [0, 0.05) is 23.8 Å². The Morgan fingerprint density at radius 1 is 1.16 bits per heavy atom. The van der Waals surface area contributed by atoms with Gasteiger partial charge in [0.2, 0.25) is 0 Å². The average Bonchev–Trinajstić information content (AvgIpc) is 2.40. The average molecular weight is 295 g/mol. The van der Waals surface area contributed by atoms with Crippen molar-refractivity contribution in [1.29, 1.82) is 0 Å². The first-order valence-electron chi connectivity index (χ1n) is 5.92. The molecule has 100 valence electrons. The number of nitrogens with zero attached hydrogens (tertiary/aromatic N) is 4. The smallest absolute Gasteiger partial charge is 0.187 e. The molecule has 0 bridgehead atoms.